The first kappa shape index (κ1) is 15.5. The van der Waals surface area contributed by atoms with Crippen LogP contribution in [0.15, 0.2) is 10.5 Å². The van der Waals surface area contributed by atoms with Crippen LogP contribution in [0.1, 0.15) is 28.4 Å². The molecule has 0 bridgehead atoms. The van der Waals surface area contributed by atoms with Crippen molar-refractivity contribution in [3.8, 4) is 11.5 Å². The molecule has 0 aliphatic rings. The lowest BCUT2D eigenvalue weighted by Gasteiger charge is -2.19. The van der Waals surface area contributed by atoms with Crippen LogP contribution in [0.3, 0.4) is 0 Å². The zero-order valence-electron chi connectivity index (χ0n) is 10.5. The first-order valence-electron chi connectivity index (χ1n) is 5.33. The number of methoxy groups -OCH3 is 2. The van der Waals surface area contributed by atoms with Crippen molar-refractivity contribution in [2.24, 2.45) is 5.73 Å². The van der Waals surface area contributed by atoms with Gasteiger partial charge in [0.05, 0.1) is 26.2 Å². The summed E-state index contributed by atoms with van der Waals surface area (Å²) in [5.74, 6) is -0.538. The number of benzene rings is 1. The zero-order valence-corrected chi connectivity index (χ0v) is 12.1. The average molecular weight is 332 g/mol. The Balaban J connectivity index is 3.45. The maximum absolute atomic E-state index is 11.0. The van der Waals surface area contributed by atoms with E-state index in [9.17, 15) is 9.59 Å². The van der Waals surface area contributed by atoms with Gasteiger partial charge in [0, 0.05) is 16.1 Å². The van der Waals surface area contributed by atoms with Gasteiger partial charge in [-0.2, -0.15) is 0 Å². The third kappa shape index (κ3) is 3.24. The Kier molecular flexibility index (Phi) is 5.31. The van der Waals surface area contributed by atoms with E-state index in [0.717, 1.165) is 0 Å². The molecule has 0 amide bonds. The van der Waals surface area contributed by atoms with E-state index in [2.05, 4.69) is 15.9 Å². The van der Waals surface area contributed by atoms with Gasteiger partial charge in [-0.1, -0.05) is 15.9 Å². The topological polar surface area (TPSA) is 98.9 Å². The van der Waals surface area contributed by atoms with Crippen molar-refractivity contribution >= 4 is 28.2 Å². The van der Waals surface area contributed by atoms with Crippen LogP contribution < -0.4 is 15.2 Å². The number of aliphatic carboxylic acids is 1. The molecule has 0 fully saturated rings. The van der Waals surface area contributed by atoms with Crippen LogP contribution in [-0.2, 0) is 4.79 Å². The van der Waals surface area contributed by atoms with Crippen LogP contribution in [0.4, 0.5) is 0 Å². The minimum atomic E-state index is -1.03. The highest BCUT2D eigenvalue weighted by Gasteiger charge is 2.24. The molecular weight excluding hydrogens is 318 g/mol. The standard InChI is InChI=1S/C12H14BrNO5/c1-18-11-6(5-15)3-7(13)10(12(11)19-2)8(14)4-9(16)17/h3,5,8H,4,14H2,1-2H3,(H,16,17). The van der Waals surface area contributed by atoms with Crippen molar-refractivity contribution in [1.82, 2.24) is 0 Å². The number of carbonyl (C=O) groups excluding carboxylic acids is 1. The molecule has 0 radical (unpaired) electrons. The van der Waals surface area contributed by atoms with Crippen LogP contribution in [0.5, 0.6) is 11.5 Å². The van der Waals surface area contributed by atoms with Crippen molar-refractivity contribution in [2.75, 3.05) is 14.2 Å². The van der Waals surface area contributed by atoms with Gasteiger partial charge in [0.25, 0.3) is 0 Å². The van der Waals surface area contributed by atoms with Crippen LogP contribution in [-0.4, -0.2) is 31.6 Å². The highest BCUT2D eigenvalue weighted by molar-refractivity contribution is 9.10. The molecule has 0 saturated carbocycles. The number of halogens is 1. The fraction of sp³-hybridized carbons (Fsp3) is 0.333. The molecule has 1 rings (SSSR count). The minimum Gasteiger partial charge on any atom is -0.492 e. The lowest BCUT2D eigenvalue weighted by atomic mass is 10.0. The van der Waals surface area contributed by atoms with Gasteiger partial charge >= 0.3 is 5.97 Å². The van der Waals surface area contributed by atoms with Crippen LogP contribution in [0.25, 0.3) is 0 Å². The summed E-state index contributed by atoms with van der Waals surface area (Å²) in [5.41, 5.74) is 6.59. The lowest BCUT2D eigenvalue weighted by molar-refractivity contribution is -0.137. The number of rotatable bonds is 6. The highest BCUT2D eigenvalue weighted by Crippen LogP contribution is 2.42. The van der Waals surface area contributed by atoms with Crippen LogP contribution in [0, 0.1) is 0 Å². The number of aldehydes is 1. The van der Waals surface area contributed by atoms with Gasteiger partial charge < -0.3 is 20.3 Å². The SMILES string of the molecule is COc1c(C=O)cc(Br)c(C(N)CC(=O)O)c1OC. The molecule has 0 spiro atoms. The van der Waals surface area contributed by atoms with Crippen molar-refractivity contribution in [2.45, 2.75) is 12.5 Å². The Morgan fingerprint density at radius 3 is 2.47 bits per heavy atom. The molecule has 0 aromatic heterocycles. The Morgan fingerprint density at radius 2 is 2.05 bits per heavy atom. The minimum absolute atomic E-state index is 0.233. The molecule has 104 valence electrons. The second-order valence-corrected chi connectivity index (χ2v) is 4.60. The van der Waals surface area contributed by atoms with Gasteiger partial charge in [0.2, 0.25) is 0 Å². The molecule has 1 aromatic rings. The third-order valence-corrected chi connectivity index (χ3v) is 3.21. The summed E-state index contributed by atoms with van der Waals surface area (Å²) >= 11 is 3.27. The Morgan fingerprint density at radius 1 is 1.47 bits per heavy atom. The van der Waals surface area contributed by atoms with Crippen LogP contribution >= 0.6 is 15.9 Å². The second kappa shape index (κ2) is 6.53. The van der Waals surface area contributed by atoms with Gasteiger partial charge in [-0.3, -0.25) is 9.59 Å². The average Bonchev–Trinajstić information content (AvgIpc) is 2.35. The predicted octanol–water partition coefficient (Wildman–Crippen LogP) is 1.75. The maximum Gasteiger partial charge on any atom is 0.305 e. The summed E-state index contributed by atoms with van der Waals surface area (Å²) in [6, 6.07) is 0.738. The van der Waals surface area contributed by atoms with Gasteiger partial charge in [0.15, 0.2) is 17.8 Å². The monoisotopic (exact) mass is 331 g/mol. The molecule has 1 aromatic carbocycles. The molecule has 3 N–H and O–H groups in total. The Hall–Kier alpha value is -1.60. The smallest absolute Gasteiger partial charge is 0.305 e. The van der Waals surface area contributed by atoms with Gasteiger partial charge in [0.1, 0.15) is 0 Å². The summed E-state index contributed by atoms with van der Waals surface area (Å²) < 4.78 is 10.8. The van der Waals surface area contributed by atoms with Crippen molar-refractivity contribution in [3.05, 3.63) is 21.7 Å². The van der Waals surface area contributed by atoms with E-state index in [1.807, 2.05) is 0 Å². The molecule has 0 aliphatic carbocycles. The molecule has 0 aliphatic heterocycles. The van der Waals surface area contributed by atoms with E-state index >= 15 is 0 Å². The molecule has 0 heterocycles. The molecule has 0 saturated heterocycles. The molecule has 19 heavy (non-hydrogen) atoms. The number of hydrogen-bond acceptors (Lipinski definition) is 5. The third-order valence-electron chi connectivity index (χ3n) is 2.55. The van der Waals surface area contributed by atoms with Gasteiger partial charge in [-0.05, 0) is 6.07 Å². The fourth-order valence-electron chi connectivity index (χ4n) is 1.78. The first-order valence-corrected chi connectivity index (χ1v) is 6.12. The predicted molar refractivity (Wildman–Crippen MR) is 71.8 cm³/mol. The van der Waals surface area contributed by atoms with E-state index in [4.69, 9.17) is 20.3 Å². The molecular formula is C12H14BrNO5. The number of carboxylic acid groups (broad SMARTS) is 1. The maximum atomic E-state index is 11.0. The summed E-state index contributed by atoms with van der Waals surface area (Å²) in [5, 5.41) is 8.80. The quantitative estimate of drug-likeness (QED) is 0.770. The fourth-order valence-corrected chi connectivity index (χ4v) is 2.50. The van der Waals surface area contributed by atoms with Crippen LogP contribution in [0.2, 0.25) is 0 Å². The number of carboxylic acids is 1. The van der Waals surface area contributed by atoms with Crippen molar-refractivity contribution < 1.29 is 24.2 Å². The van der Waals surface area contributed by atoms with E-state index in [-0.39, 0.29) is 23.5 Å². The lowest BCUT2D eigenvalue weighted by Crippen LogP contribution is -2.17. The van der Waals surface area contributed by atoms with E-state index in [1.165, 1.54) is 20.3 Å². The number of nitrogens with two attached hydrogens (primary N) is 1. The van der Waals surface area contributed by atoms with Gasteiger partial charge in [-0.15, -0.1) is 0 Å². The molecule has 6 nitrogen and oxygen atoms in total. The largest absolute Gasteiger partial charge is 0.492 e. The zero-order chi connectivity index (χ0) is 14.6. The first-order chi connectivity index (χ1) is 8.96. The Labute approximate surface area is 118 Å². The molecule has 1 atom stereocenters. The number of hydrogen-bond donors (Lipinski definition) is 2. The summed E-state index contributed by atoms with van der Waals surface area (Å²) in [7, 11) is 2.79. The van der Waals surface area contributed by atoms with E-state index in [1.54, 1.807) is 0 Å². The van der Waals surface area contributed by atoms with E-state index < -0.39 is 12.0 Å². The summed E-state index contributed by atoms with van der Waals surface area (Å²) in [4.78, 5) is 21.7. The summed E-state index contributed by atoms with van der Waals surface area (Å²) in [6.45, 7) is 0. The Bertz CT molecular complexity index is 503. The van der Waals surface area contributed by atoms with E-state index in [0.29, 0.717) is 16.3 Å². The molecule has 1 unspecified atom stereocenters. The van der Waals surface area contributed by atoms with Crippen molar-refractivity contribution in [3.63, 3.8) is 0 Å². The van der Waals surface area contributed by atoms with Crippen molar-refractivity contribution in [1.29, 1.82) is 0 Å². The van der Waals surface area contributed by atoms with Gasteiger partial charge in [-0.25, -0.2) is 0 Å². The molecule has 7 heteroatoms. The number of ether oxygens (including phenoxy) is 2. The summed E-state index contributed by atoms with van der Waals surface area (Å²) in [6.07, 6.45) is 0.358. The highest BCUT2D eigenvalue weighted by atomic mass is 79.9. The number of carbonyl (C=O) groups is 2. The second-order valence-electron chi connectivity index (χ2n) is 3.75. The normalized spacial score (nSPS) is 11.8.